The van der Waals surface area contributed by atoms with Gasteiger partial charge in [-0.3, -0.25) is 9.59 Å². The monoisotopic (exact) mass is 330 g/mol. The summed E-state index contributed by atoms with van der Waals surface area (Å²) in [6.45, 7) is 2.64. The van der Waals surface area contributed by atoms with E-state index in [0.29, 0.717) is 24.8 Å². The van der Waals surface area contributed by atoms with E-state index in [2.05, 4.69) is 17.6 Å². The molecule has 2 saturated carbocycles. The lowest BCUT2D eigenvalue weighted by molar-refractivity contribution is -0.137. The zero-order valence-corrected chi connectivity index (χ0v) is 14.2. The number of piperidine rings is 1. The van der Waals surface area contributed by atoms with Crippen molar-refractivity contribution in [3.63, 3.8) is 0 Å². The number of hydrogen-bond donors (Lipinski definition) is 2. The molecular weight excluding hydrogens is 304 g/mol. The van der Waals surface area contributed by atoms with E-state index in [1.165, 1.54) is 6.42 Å². The first-order chi connectivity index (χ1) is 11.6. The molecule has 1 aromatic heterocycles. The largest absolute Gasteiger partial charge is 0.464 e. The molecule has 0 spiro atoms. The summed E-state index contributed by atoms with van der Waals surface area (Å²) in [5, 5.41) is 6.06. The van der Waals surface area contributed by atoms with Gasteiger partial charge in [-0.25, -0.2) is 0 Å². The fourth-order valence-electron chi connectivity index (χ4n) is 4.44. The average Bonchev–Trinajstić information content (AvgIpc) is 3.12. The molecular formula is C19H26N2O3. The van der Waals surface area contributed by atoms with Gasteiger partial charge in [0.05, 0.1) is 12.5 Å². The highest BCUT2D eigenvalue weighted by Crippen LogP contribution is 2.47. The van der Waals surface area contributed by atoms with Crippen molar-refractivity contribution in [3.8, 4) is 0 Å². The van der Waals surface area contributed by atoms with Crippen LogP contribution in [0.4, 0.5) is 0 Å². The number of amides is 2. The van der Waals surface area contributed by atoms with Crippen LogP contribution in [0.15, 0.2) is 16.5 Å². The minimum Gasteiger partial charge on any atom is -0.464 e. The van der Waals surface area contributed by atoms with Crippen LogP contribution in [0.25, 0.3) is 0 Å². The van der Waals surface area contributed by atoms with Gasteiger partial charge in [0.25, 0.3) is 0 Å². The van der Waals surface area contributed by atoms with E-state index < -0.39 is 0 Å². The second kappa shape index (κ2) is 6.26. The minimum absolute atomic E-state index is 0.000472. The van der Waals surface area contributed by atoms with Gasteiger partial charge >= 0.3 is 0 Å². The van der Waals surface area contributed by atoms with Crippen LogP contribution in [0.2, 0.25) is 0 Å². The Morgan fingerprint density at radius 3 is 2.92 bits per heavy atom. The zero-order chi connectivity index (χ0) is 16.7. The van der Waals surface area contributed by atoms with Crippen LogP contribution in [0.1, 0.15) is 62.9 Å². The van der Waals surface area contributed by atoms with Gasteiger partial charge in [0.1, 0.15) is 11.5 Å². The Labute approximate surface area is 142 Å². The predicted molar refractivity (Wildman–Crippen MR) is 89.1 cm³/mol. The first-order valence-corrected chi connectivity index (χ1v) is 9.27. The van der Waals surface area contributed by atoms with Gasteiger partial charge in [0.15, 0.2) is 0 Å². The summed E-state index contributed by atoms with van der Waals surface area (Å²) < 4.78 is 5.85. The Hall–Kier alpha value is -1.78. The van der Waals surface area contributed by atoms with Gasteiger partial charge in [0, 0.05) is 18.4 Å². The summed E-state index contributed by atoms with van der Waals surface area (Å²) in [5.41, 5.74) is 0. The van der Waals surface area contributed by atoms with Crippen molar-refractivity contribution in [3.05, 3.63) is 23.7 Å². The van der Waals surface area contributed by atoms with Gasteiger partial charge < -0.3 is 15.1 Å². The fraction of sp³-hybridized carbons (Fsp3) is 0.684. The number of carbonyl (C=O) groups excluding carboxylic acids is 2. The summed E-state index contributed by atoms with van der Waals surface area (Å²) in [4.78, 5) is 24.6. The molecule has 0 radical (unpaired) electrons. The third-order valence-electron chi connectivity index (χ3n) is 6.02. The molecule has 4 rings (SSSR count). The standard InChI is InChI=1S/C19H26N2O3/c1-11-8-14(11)17-7-6-12(24-17)10-20-19(23)15-9-18(22)21-16-5-3-2-4-13(15)16/h6-7,11,13-16H,2-5,8-10H2,1H3,(H,20,23)(H,21,22). The van der Waals surface area contributed by atoms with Crippen molar-refractivity contribution >= 4 is 11.8 Å². The molecule has 1 aliphatic heterocycles. The average molecular weight is 330 g/mol. The van der Waals surface area contributed by atoms with Crippen LogP contribution in [0.3, 0.4) is 0 Å². The van der Waals surface area contributed by atoms with E-state index in [1.807, 2.05) is 12.1 Å². The summed E-state index contributed by atoms with van der Waals surface area (Å²) in [6.07, 6.45) is 5.84. The van der Waals surface area contributed by atoms with Crippen LogP contribution in [0.5, 0.6) is 0 Å². The molecule has 2 aliphatic carbocycles. The van der Waals surface area contributed by atoms with E-state index in [1.54, 1.807) is 0 Å². The highest BCUT2D eigenvalue weighted by Gasteiger charge is 2.41. The Morgan fingerprint density at radius 1 is 1.33 bits per heavy atom. The molecule has 130 valence electrons. The molecule has 2 N–H and O–H groups in total. The lowest BCUT2D eigenvalue weighted by Crippen LogP contribution is -2.54. The van der Waals surface area contributed by atoms with Gasteiger partial charge in [-0.05, 0) is 43.2 Å². The summed E-state index contributed by atoms with van der Waals surface area (Å²) in [6, 6.07) is 4.17. The molecule has 0 aromatic carbocycles. The molecule has 3 fully saturated rings. The van der Waals surface area contributed by atoms with Crippen LogP contribution in [0, 0.1) is 17.8 Å². The van der Waals surface area contributed by atoms with Crippen LogP contribution in [-0.4, -0.2) is 17.9 Å². The molecule has 1 aromatic rings. The number of nitrogens with one attached hydrogen (secondary N) is 2. The molecule has 2 amide bonds. The second-order valence-electron chi connectivity index (χ2n) is 7.77. The molecule has 24 heavy (non-hydrogen) atoms. The van der Waals surface area contributed by atoms with E-state index in [4.69, 9.17) is 4.42 Å². The quantitative estimate of drug-likeness (QED) is 0.891. The van der Waals surface area contributed by atoms with E-state index in [9.17, 15) is 9.59 Å². The maximum absolute atomic E-state index is 12.6. The molecule has 3 aliphatic rings. The van der Waals surface area contributed by atoms with E-state index >= 15 is 0 Å². The second-order valence-corrected chi connectivity index (χ2v) is 7.77. The lowest BCUT2D eigenvalue weighted by Gasteiger charge is -2.40. The number of hydrogen-bond acceptors (Lipinski definition) is 3. The van der Waals surface area contributed by atoms with Crippen LogP contribution >= 0.6 is 0 Å². The van der Waals surface area contributed by atoms with E-state index in [0.717, 1.165) is 37.2 Å². The third kappa shape index (κ3) is 3.08. The van der Waals surface area contributed by atoms with Crippen LogP contribution in [-0.2, 0) is 16.1 Å². The van der Waals surface area contributed by atoms with E-state index in [-0.39, 0.29) is 29.7 Å². The minimum atomic E-state index is -0.193. The number of fused-ring (bicyclic) bond motifs is 1. The van der Waals surface area contributed by atoms with Crippen molar-refractivity contribution in [1.29, 1.82) is 0 Å². The van der Waals surface area contributed by atoms with Gasteiger partial charge in [-0.2, -0.15) is 0 Å². The van der Waals surface area contributed by atoms with Gasteiger partial charge in [-0.15, -0.1) is 0 Å². The predicted octanol–water partition coefficient (Wildman–Crippen LogP) is 2.71. The Bertz CT molecular complexity index is 638. The molecule has 5 nitrogen and oxygen atoms in total. The normalized spacial score (nSPS) is 35.0. The molecule has 5 unspecified atom stereocenters. The lowest BCUT2D eigenvalue weighted by atomic mass is 9.72. The summed E-state index contributed by atoms with van der Waals surface area (Å²) >= 11 is 0. The SMILES string of the molecule is CC1CC1c1ccc(CNC(=O)C2CC(=O)NC3CCCCC32)o1. The van der Waals surface area contributed by atoms with Crippen LogP contribution < -0.4 is 10.6 Å². The van der Waals surface area contributed by atoms with Crippen molar-refractivity contribution in [2.75, 3.05) is 0 Å². The van der Waals surface area contributed by atoms with Crippen molar-refractivity contribution in [2.45, 2.75) is 64.0 Å². The summed E-state index contributed by atoms with van der Waals surface area (Å²) in [5.74, 6) is 3.22. The molecule has 0 bridgehead atoms. The first-order valence-electron chi connectivity index (χ1n) is 9.27. The number of rotatable bonds is 4. The maximum Gasteiger partial charge on any atom is 0.224 e. The van der Waals surface area contributed by atoms with Gasteiger partial charge in [0.2, 0.25) is 11.8 Å². The maximum atomic E-state index is 12.6. The third-order valence-corrected chi connectivity index (χ3v) is 6.02. The molecule has 1 saturated heterocycles. The van der Waals surface area contributed by atoms with Gasteiger partial charge in [-0.1, -0.05) is 19.8 Å². The Balaban J connectivity index is 1.36. The van der Waals surface area contributed by atoms with Crippen molar-refractivity contribution < 1.29 is 14.0 Å². The van der Waals surface area contributed by atoms with Crippen molar-refractivity contribution in [1.82, 2.24) is 10.6 Å². The highest BCUT2D eigenvalue weighted by molar-refractivity contribution is 5.87. The smallest absolute Gasteiger partial charge is 0.224 e. The Morgan fingerprint density at radius 2 is 2.12 bits per heavy atom. The highest BCUT2D eigenvalue weighted by atomic mass is 16.3. The zero-order valence-electron chi connectivity index (χ0n) is 14.2. The Kier molecular flexibility index (Phi) is 4.10. The summed E-state index contributed by atoms with van der Waals surface area (Å²) in [7, 11) is 0. The topological polar surface area (TPSA) is 71.3 Å². The first kappa shape index (κ1) is 15.7. The molecule has 5 heteroatoms. The fourth-order valence-corrected chi connectivity index (χ4v) is 4.44. The van der Waals surface area contributed by atoms with Crippen molar-refractivity contribution in [2.24, 2.45) is 17.8 Å². The molecule has 5 atom stereocenters. The number of furan rings is 1. The molecule has 2 heterocycles. The number of carbonyl (C=O) groups is 2.